The van der Waals surface area contributed by atoms with Gasteiger partial charge in [-0.15, -0.1) is 0 Å². The predicted octanol–water partition coefficient (Wildman–Crippen LogP) is 2.45. The second-order valence-electron chi connectivity index (χ2n) is 6.85. The van der Waals surface area contributed by atoms with Gasteiger partial charge in [0.2, 0.25) is 0 Å². The molecule has 4 rings (SSSR count). The summed E-state index contributed by atoms with van der Waals surface area (Å²) >= 11 is 12.0. The van der Waals surface area contributed by atoms with E-state index in [1.165, 1.54) is 6.26 Å². The first-order valence-corrected chi connectivity index (χ1v) is 9.58. The number of carbonyl (C=O) groups is 1. The van der Waals surface area contributed by atoms with Gasteiger partial charge in [0.25, 0.3) is 5.91 Å². The summed E-state index contributed by atoms with van der Waals surface area (Å²) in [6.45, 7) is 1.01. The maximum Gasteiger partial charge on any atom is 0.254 e. The van der Waals surface area contributed by atoms with E-state index in [2.05, 4.69) is 10.1 Å². The van der Waals surface area contributed by atoms with Crippen molar-refractivity contribution in [1.29, 1.82) is 0 Å². The average molecular weight is 421 g/mol. The summed E-state index contributed by atoms with van der Waals surface area (Å²) in [6, 6.07) is 4.81. The molecule has 0 saturated carbocycles. The summed E-state index contributed by atoms with van der Waals surface area (Å²) < 4.78 is 5.08. The molecule has 3 N–H and O–H groups in total. The highest BCUT2D eigenvalue weighted by Crippen LogP contribution is 2.27. The first-order chi connectivity index (χ1) is 13.4. The number of fused-ring (bicyclic) bond motifs is 1. The lowest BCUT2D eigenvalue weighted by Crippen LogP contribution is -2.40. The van der Waals surface area contributed by atoms with Crippen LogP contribution in [0.4, 0.5) is 0 Å². The molecule has 1 aromatic heterocycles. The van der Waals surface area contributed by atoms with Crippen molar-refractivity contribution in [2.75, 3.05) is 19.6 Å². The molecule has 0 radical (unpaired) electrons. The first-order valence-electron chi connectivity index (χ1n) is 8.82. The Morgan fingerprint density at radius 3 is 2.93 bits per heavy atom. The number of amides is 1. The Kier molecular flexibility index (Phi) is 5.14. The fourth-order valence-electron chi connectivity index (χ4n) is 3.42. The third-order valence-corrected chi connectivity index (χ3v) is 5.65. The highest BCUT2D eigenvalue weighted by atomic mass is 35.5. The minimum atomic E-state index is -0.616. The van der Waals surface area contributed by atoms with Crippen molar-refractivity contribution in [3.63, 3.8) is 0 Å². The summed E-state index contributed by atoms with van der Waals surface area (Å²) in [7, 11) is 0. The Morgan fingerprint density at radius 1 is 1.32 bits per heavy atom. The van der Waals surface area contributed by atoms with Crippen LogP contribution in [-0.4, -0.2) is 52.5 Å². The van der Waals surface area contributed by atoms with Crippen LogP contribution in [0.15, 0.2) is 45.2 Å². The van der Waals surface area contributed by atoms with E-state index in [0.29, 0.717) is 52.1 Å². The molecule has 7 nitrogen and oxygen atoms in total. The van der Waals surface area contributed by atoms with E-state index in [1.807, 2.05) is 0 Å². The Bertz CT molecular complexity index is 999. The molecule has 0 saturated heterocycles. The molecule has 1 amide bonds. The smallest absolute Gasteiger partial charge is 0.254 e. The van der Waals surface area contributed by atoms with Gasteiger partial charge in [0.15, 0.2) is 0 Å². The molecule has 2 aliphatic rings. The molecule has 0 spiro atoms. The second kappa shape index (κ2) is 7.58. The van der Waals surface area contributed by atoms with Crippen LogP contribution in [0, 0.1) is 0 Å². The number of nitrogens with zero attached hydrogens (tertiary/aromatic N) is 3. The molecule has 1 atom stereocenters. The molecule has 1 aromatic carbocycles. The number of halogens is 2. The average Bonchev–Trinajstić information content (AvgIpc) is 3.06. The summed E-state index contributed by atoms with van der Waals surface area (Å²) in [5.41, 5.74) is 10.0. The van der Waals surface area contributed by atoms with Gasteiger partial charge in [0, 0.05) is 48.3 Å². The minimum Gasteiger partial charge on any atom is -0.402 e. The normalized spacial score (nSPS) is 19.9. The number of carbonyl (C=O) groups excluding carboxylic acids is 1. The summed E-state index contributed by atoms with van der Waals surface area (Å²) in [5.74, 6) is -0.168. The monoisotopic (exact) mass is 420 g/mol. The number of hydrogen-bond acceptors (Lipinski definition) is 6. The van der Waals surface area contributed by atoms with Crippen molar-refractivity contribution in [2.24, 2.45) is 10.7 Å². The number of aromatic nitrogens is 1. The maximum absolute atomic E-state index is 13.0. The lowest BCUT2D eigenvalue weighted by Gasteiger charge is -2.30. The van der Waals surface area contributed by atoms with Crippen LogP contribution < -0.4 is 5.73 Å². The van der Waals surface area contributed by atoms with E-state index in [1.54, 1.807) is 23.1 Å². The van der Waals surface area contributed by atoms with Gasteiger partial charge in [-0.2, -0.15) is 0 Å². The summed E-state index contributed by atoms with van der Waals surface area (Å²) in [4.78, 5) is 19.2. The van der Waals surface area contributed by atoms with E-state index >= 15 is 0 Å². The third-order valence-electron chi connectivity index (χ3n) is 4.91. The van der Waals surface area contributed by atoms with Crippen molar-refractivity contribution in [3.05, 3.63) is 62.6 Å². The van der Waals surface area contributed by atoms with Crippen LogP contribution in [-0.2, 0) is 6.42 Å². The highest BCUT2D eigenvalue weighted by Gasteiger charge is 2.30. The predicted molar refractivity (Wildman–Crippen MR) is 106 cm³/mol. The first kappa shape index (κ1) is 19.0. The second-order valence-corrected chi connectivity index (χ2v) is 7.66. The van der Waals surface area contributed by atoms with Gasteiger partial charge >= 0.3 is 0 Å². The largest absolute Gasteiger partial charge is 0.402 e. The van der Waals surface area contributed by atoms with Gasteiger partial charge in [-0.1, -0.05) is 28.4 Å². The van der Waals surface area contributed by atoms with Gasteiger partial charge in [-0.3, -0.25) is 9.79 Å². The zero-order valence-corrected chi connectivity index (χ0v) is 16.4. The molecule has 1 unspecified atom stereocenters. The lowest BCUT2D eigenvalue weighted by molar-refractivity contribution is 0.0766. The molecular weight excluding hydrogens is 403 g/mol. The van der Waals surface area contributed by atoms with Crippen LogP contribution in [0.1, 0.15) is 28.0 Å². The number of aliphatic hydroxyl groups excluding tert-OH is 1. The van der Waals surface area contributed by atoms with Gasteiger partial charge in [-0.25, -0.2) is 0 Å². The zero-order valence-electron chi connectivity index (χ0n) is 14.9. The summed E-state index contributed by atoms with van der Waals surface area (Å²) in [6.07, 6.45) is 1.81. The van der Waals surface area contributed by atoms with Gasteiger partial charge in [-0.05, 0) is 18.2 Å². The van der Waals surface area contributed by atoms with Crippen LogP contribution in [0.5, 0.6) is 0 Å². The van der Waals surface area contributed by atoms with Gasteiger partial charge in [0.05, 0.1) is 28.4 Å². The van der Waals surface area contributed by atoms with Crippen LogP contribution >= 0.6 is 23.2 Å². The Morgan fingerprint density at radius 2 is 2.14 bits per heavy atom. The van der Waals surface area contributed by atoms with Crippen molar-refractivity contribution in [3.8, 4) is 0 Å². The lowest BCUT2D eigenvalue weighted by atomic mass is 9.96. The van der Waals surface area contributed by atoms with E-state index in [9.17, 15) is 9.90 Å². The molecule has 0 bridgehead atoms. The Hall–Kier alpha value is -2.35. The molecule has 0 fully saturated rings. The van der Waals surface area contributed by atoms with Crippen LogP contribution in [0.25, 0.3) is 0 Å². The molecule has 0 aliphatic carbocycles. The molecular formula is C19H18Cl2N4O3. The number of rotatable bonds is 2. The van der Waals surface area contributed by atoms with E-state index in [-0.39, 0.29) is 19.0 Å². The van der Waals surface area contributed by atoms with Crippen molar-refractivity contribution >= 4 is 34.8 Å². The fourth-order valence-corrected chi connectivity index (χ4v) is 3.71. The number of nitrogens with two attached hydrogens (primary N) is 1. The molecule has 28 heavy (non-hydrogen) atoms. The standard InChI is InChI=1S/C19H18Cl2N4O3/c20-14-2-1-10(6-15(14)21)19(27)25-4-3-16(22)13(8-25)18-17-11(9-28-24-17)5-12(26)7-23-18/h1-2,6,9,12,26H,3-5,7-8,22H2. The maximum atomic E-state index is 13.0. The number of hydrogen-bond donors (Lipinski definition) is 2. The van der Waals surface area contributed by atoms with Gasteiger partial charge < -0.3 is 20.3 Å². The van der Waals surface area contributed by atoms with Crippen LogP contribution in [0.3, 0.4) is 0 Å². The van der Waals surface area contributed by atoms with E-state index in [0.717, 1.165) is 11.1 Å². The van der Waals surface area contributed by atoms with Crippen molar-refractivity contribution in [2.45, 2.75) is 18.9 Å². The van der Waals surface area contributed by atoms with E-state index in [4.69, 9.17) is 33.5 Å². The molecule has 2 aliphatic heterocycles. The summed E-state index contributed by atoms with van der Waals surface area (Å²) in [5, 5.41) is 14.8. The topological polar surface area (TPSA) is 105 Å². The Labute approximate surface area is 171 Å². The third kappa shape index (κ3) is 3.53. The number of aliphatic imine (C=N–C) groups is 1. The number of aliphatic hydroxyl groups is 1. The fraction of sp³-hybridized carbons (Fsp3) is 0.316. The molecule has 2 aromatic rings. The quantitative estimate of drug-likeness (QED) is 0.775. The molecule has 9 heteroatoms. The minimum absolute atomic E-state index is 0.168. The highest BCUT2D eigenvalue weighted by molar-refractivity contribution is 6.42. The van der Waals surface area contributed by atoms with Crippen molar-refractivity contribution in [1.82, 2.24) is 10.1 Å². The zero-order chi connectivity index (χ0) is 19.8. The van der Waals surface area contributed by atoms with Gasteiger partial charge in [0.1, 0.15) is 12.0 Å². The molecule has 3 heterocycles. The molecule has 146 valence electrons. The van der Waals surface area contributed by atoms with Crippen molar-refractivity contribution < 1.29 is 14.4 Å². The SMILES string of the molecule is NC1=C(C2=NCC(O)Cc3conc32)CN(C(=O)c2ccc(Cl)c(Cl)c2)CC1. The van der Waals surface area contributed by atoms with E-state index < -0.39 is 6.10 Å². The Balaban J connectivity index is 1.64. The number of benzene rings is 1. The van der Waals surface area contributed by atoms with Crippen LogP contribution in [0.2, 0.25) is 10.0 Å².